The maximum atomic E-state index is 12.0. The minimum atomic E-state index is -0.153. The average Bonchev–Trinajstić information content (AvgIpc) is 3.20. The van der Waals surface area contributed by atoms with Gasteiger partial charge in [0.25, 0.3) is 0 Å². The van der Waals surface area contributed by atoms with E-state index in [1.165, 1.54) is 0 Å². The van der Waals surface area contributed by atoms with Crippen molar-refractivity contribution in [1.82, 2.24) is 10.3 Å². The lowest BCUT2D eigenvalue weighted by Gasteiger charge is -2.06. The highest BCUT2D eigenvalue weighted by Gasteiger charge is 2.09. The van der Waals surface area contributed by atoms with Crippen LogP contribution in [0, 0.1) is 0 Å². The summed E-state index contributed by atoms with van der Waals surface area (Å²) < 4.78 is 5.28. The van der Waals surface area contributed by atoms with Crippen molar-refractivity contribution in [2.45, 2.75) is 19.4 Å². The van der Waals surface area contributed by atoms with Gasteiger partial charge in [0.05, 0.1) is 6.26 Å². The first kappa shape index (κ1) is 16.6. The molecule has 1 aromatic carbocycles. The summed E-state index contributed by atoms with van der Waals surface area (Å²) in [4.78, 5) is 28.2. The fraction of sp³-hybridized carbons (Fsp3) is 0.150. The van der Waals surface area contributed by atoms with Gasteiger partial charge >= 0.3 is 0 Å². The normalized spacial score (nSPS) is 10.4. The third-order valence-electron chi connectivity index (χ3n) is 3.76. The number of Topliss-reactive ketones (excluding diaryl/α,β-unsaturated/α-hetero) is 1. The Morgan fingerprint density at radius 2 is 1.80 bits per heavy atom. The highest BCUT2D eigenvalue weighted by Crippen LogP contribution is 2.17. The van der Waals surface area contributed by atoms with Gasteiger partial charge in [-0.2, -0.15) is 0 Å². The first-order valence-corrected chi connectivity index (χ1v) is 8.06. The van der Waals surface area contributed by atoms with Gasteiger partial charge in [-0.25, -0.2) is 0 Å². The van der Waals surface area contributed by atoms with Crippen LogP contribution < -0.4 is 5.32 Å². The number of benzene rings is 1. The summed E-state index contributed by atoms with van der Waals surface area (Å²) in [5.41, 5.74) is 2.26. The zero-order valence-corrected chi connectivity index (χ0v) is 13.6. The molecule has 2 aromatic heterocycles. The van der Waals surface area contributed by atoms with Crippen molar-refractivity contribution in [1.29, 1.82) is 0 Å². The zero-order chi connectivity index (χ0) is 17.5. The third kappa shape index (κ3) is 4.64. The van der Waals surface area contributed by atoms with Gasteiger partial charge in [0, 0.05) is 31.1 Å². The van der Waals surface area contributed by atoms with E-state index in [4.69, 9.17) is 4.42 Å². The van der Waals surface area contributed by atoms with E-state index in [1.807, 2.05) is 42.5 Å². The second-order valence-corrected chi connectivity index (χ2v) is 5.59. The molecule has 1 amide bonds. The summed E-state index contributed by atoms with van der Waals surface area (Å²) in [7, 11) is 0. The maximum Gasteiger partial charge on any atom is 0.220 e. The molecule has 1 N–H and O–H groups in total. The maximum absolute atomic E-state index is 12.0. The fourth-order valence-corrected chi connectivity index (χ4v) is 2.38. The summed E-state index contributed by atoms with van der Waals surface area (Å²) >= 11 is 0. The van der Waals surface area contributed by atoms with Crippen molar-refractivity contribution in [2.24, 2.45) is 0 Å². The van der Waals surface area contributed by atoms with Crippen LogP contribution in [0.3, 0.4) is 0 Å². The Kier molecular flexibility index (Phi) is 5.36. The second kappa shape index (κ2) is 8.06. The second-order valence-electron chi connectivity index (χ2n) is 5.59. The predicted octanol–water partition coefficient (Wildman–Crippen LogP) is 3.62. The van der Waals surface area contributed by atoms with Crippen LogP contribution in [-0.2, 0) is 11.3 Å². The van der Waals surface area contributed by atoms with Gasteiger partial charge in [0.15, 0.2) is 11.5 Å². The van der Waals surface area contributed by atoms with Gasteiger partial charge in [0.2, 0.25) is 5.91 Å². The molecule has 2 heterocycles. The molecule has 0 radical (unpaired) electrons. The highest BCUT2D eigenvalue weighted by molar-refractivity contribution is 5.97. The van der Waals surface area contributed by atoms with Crippen molar-refractivity contribution in [3.8, 4) is 11.5 Å². The SMILES string of the molecule is O=C(CCC(=O)c1ccccc1)NCc1ccc(-c2ccco2)nc1. The van der Waals surface area contributed by atoms with E-state index in [9.17, 15) is 9.59 Å². The van der Waals surface area contributed by atoms with Crippen molar-refractivity contribution in [3.05, 3.63) is 78.2 Å². The van der Waals surface area contributed by atoms with E-state index >= 15 is 0 Å². The summed E-state index contributed by atoms with van der Waals surface area (Å²) in [5.74, 6) is 0.523. The minimum Gasteiger partial charge on any atom is -0.463 e. The molecule has 0 bridgehead atoms. The van der Waals surface area contributed by atoms with Gasteiger partial charge in [-0.15, -0.1) is 0 Å². The predicted molar refractivity (Wildman–Crippen MR) is 93.8 cm³/mol. The topological polar surface area (TPSA) is 72.2 Å². The van der Waals surface area contributed by atoms with E-state index in [0.717, 1.165) is 11.3 Å². The van der Waals surface area contributed by atoms with Gasteiger partial charge in [-0.05, 0) is 23.8 Å². The van der Waals surface area contributed by atoms with Crippen LogP contribution in [-0.4, -0.2) is 16.7 Å². The molecule has 0 atom stereocenters. The number of rotatable bonds is 7. The van der Waals surface area contributed by atoms with Crippen LogP contribution in [0.5, 0.6) is 0 Å². The monoisotopic (exact) mass is 334 g/mol. The molecule has 0 aliphatic carbocycles. The van der Waals surface area contributed by atoms with Gasteiger partial charge in [-0.1, -0.05) is 36.4 Å². The van der Waals surface area contributed by atoms with Crippen LogP contribution in [0.2, 0.25) is 0 Å². The first-order chi connectivity index (χ1) is 12.2. The number of pyridine rings is 1. The molecule has 0 aliphatic heterocycles. The van der Waals surface area contributed by atoms with Crippen LogP contribution in [0.4, 0.5) is 0 Å². The summed E-state index contributed by atoms with van der Waals surface area (Å²) in [6, 6.07) is 16.4. The summed E-state index contributed by atoms with van der Waals surface area (Å²) in [6.07, 6.45) is 3.67. The minimum absolute atomic E-state index is 0.0276. The molecular weight excluding hydrogens is 316 g/mol. The molecule has 0 unspecified atom stereocenters. The van der Waals surface area contributed by atoms with E-state index < -0.39 is 0 Å². The van der Waals surface area contributed by atoms with Crippen molar-refractivity contribution >= 4 is 11.7 Å². The Morgan fingerprint density at radius 1 is 0.960 bits per heavy atom. The lowest BCUT2D eigenvalue weighted by Crippen LogP contribution is -2.23. The zero-order valence-electron chi connectivity index (χ0n) is 13.6. The molecule has 5 nitrogen and oxygen atoms in total. The Balaban J connectivity index is 1.45. The smallest absolute Gasteiger partial charge is 0.220 e. The molecule has 0 saturated heterocycles. The van der Waals surface area contributed by atoms with Crippen LogP contribution >= 0.6 is 0 Å². The molecule has 25 heavy (non-hydrogen) atoms. The van der Waals surface area contributed by atoms with E-state index in [1.54, 1.807) is 24.6 Å². The molecule has 3 rings (SSSR count). The lowest BCUT2D eigenvalue weighted by molar-refractivity contribution is -0.121. The molecule has 3 aromatic rings. The number of aromatic nitrogens is 1. The van der Waals surface area contributed by atoms with Crippen LogP contribution in [0.1, 0.15) is 28.8 Å². The summed E-state index contributed by atoms with van der Waals surface area (Å²) in [6.45, 7) is 0.379. The third-order valence-corrected chi connectivity index (χ3v) is 3.76. The van der Waals surface area contributed by atoms with Crippen molar-refractivity contribution < 1.29 is 14.0 Å². The number of carbonyl (C=O) groups is 2. The van der Waals surface area contributed by atoms with E-state index in [-0.39, 0.29) is 24.5 Å². The molecule has 5 heteroatoms. The molecule has 0 spiro atoms. The van der Waals surface area contributed by atoms with E-state index in [0.29, 0.717) is 17.9 Å². The first-order valence-electron chi connectivity index (χ1n) is 8.06. The number of hydrogen-bond donors (Lipinski definition) is 1. The molecule has 0 aliphatic rings. The molecular formula is C20H18N2O3. The van der Waals surface area contributed by atoms with Crippen molar-refractivity contribution in [3.63, 3.8) is 0 Å². The Hall–Kier alpha value is -3.21. The molecule has 126 valence electrons. The Labute approximate surface area is 145 Å². The van der Waals surface area contributed by atoms with Crippen LogP contribution in [0.15, 0.2) is 71.5 Å². The summed E-state index contributed by atoms with van der Waals surface area (Å²) in [5, 5.41) is 2.81. The lowest BCUT2D eigenvalue weighted by atomic mass is 10.1. The quantitative estimate of drug-likeness (QED) is 0.670. The number of amides is 1. The average molecular weight is 334 g/mol. The van der Waals surface area contributed by atoms with E-state index in [2.05, 4.69) is 10.3 Å². The van der Waals surface area contributed by atoms with Crippen LogP contribution in [0.25, 0.3) is 11.5 Å². The Morgan fingerprint density at radius 3 is 2.48 bits per heavy atom. The number of carbonyl (C=O) groups excluding carboxylic acids is 2. The fourth-order valence-electron chi connectivity index (χ4n) is 2.38. The number of furan rings is 1. The Bertz CT molecular complexity index is 825. The number of hydrogen-bond acceptors (Lipinski definition) is 4. The highest BCUT2D eigenvalue weighted by atomic mass is 16.3. The number of nitrogens with one attached hydrogen (secondary N) is 1. The number of ketones is 1. The van der Waals surface area contributed by atoms with Crippen molar-refractivity contribution in [2.75, 3.05) is 0 Å². The standard InChI is InChI=1S/C20H18N2O3/c23-18(16-5-2-1-3-6-16)10-11-20(24)22-14-15-8-9-17(21-13-15)19-7-4-12-25-19/h1-9,12-13H,10-11,14H2,(H,22,24). The molecule has 0 fully saturated rings. The van der Waals surface area contributed by atoms with Gasteiger partial charge in [-0.3, -0.25) is 14.6 Å². The van der Waals surface area contributed by atoms with Gasteiger partial charge in [0.1, 0.15) is 5.69 Å². The number of nitrogens with zero attached hydrogens (tertiary/aromatic N) is 1. The van der Waals surface area contributed by atoms with Gasteiger partial charge < -0.3 is 9.73 Å². The largest absolute Gasteiger partial charge is 0.463 e. The molecule has 0 saturated carbocycles.